The summed E-state index contributed by atoms with van der Waals surface area (Å²) in [5.74, 6) is 1.04. The van der Waals surface area contributed by atoms with Crippen LogP contribution < -0.4 is 0 Å². The molecule has 0 amide bonds. The number of rotatable bonds is 2. The summed E-state index contributed by atoms with van der Waals surface area (Å²) in [6.07, 6.45) is 2.08. The third-order valence-corrected chi connectivity index (χ3v) is 2.88. The van der Waals surface area contributed by atoms with Crippen LogP contribution in [0.15, 0.2) is 36.5 Å². The summed E-state index contributed by atoms with van der Waals surface area (Å²) in [5, 5.41) is 0. The van der Waals surface area contributed by atoms with Gasteiger partial charge < -0.3 is 4.57 Å². The molecule has 0 aliphatic heterocycles. The number of aromatic nitrogens is 2. The number of imidazole rings is 1. The largest absolute Gasteiger partial charge is 0.334 e. The highest BCUT2D eigenvalue weighted by atomic mass is 127. The normalized spacial score (nSPS) is 10.4. The number of benzene rings is 1. The van der Waals surface area contributed by atoms with Crippen LogP contribution >= 0.6 is 22.6 Å². The van der Waals surface area contributed by atoms with Gasteiger partial charge in [-0.05, 0) is 0 Å². The minimum absolute atomic E-state index is 0.957. The molecule has 0 spiro atoms. The van der Waals surface area contributed by atoms with Crippen LogP contribution in [-0.2, 0) is 11.5 Å². The lowest BCUT2D eigenvalue weighted by atomic mass is 10.2. The molecule has 0 bridgehead atoms. The molecule has 3 heteroatoms. The second-order valence-electron chi connectivity index (χ2n) is 3.17. The van der Waals surface area contributed by atoms with E-state index in [1.54, 1.807) is 0 Å². The lowest BCUT2D eigenvalue weighted by molar-refractivity contribution is 0.924. The van der Waals surface area contributed by atoms with Gasteiger partial charge in [0.05, 0.1) is 5.69 Å². The summed E-state index contributed by atoms with van der Waals surface area (Å²) in [6.45, 7) is 0. The van der Waals surface area contributed by atoms with Gasteiger partial charge in [0, 0.05) is 23.2 Å². The minimum Gasteiger partial charge on any atom is -0.334 e. The van der Waals surface area contributed by atoms with Crippen LogP contribution in [0.25, 0.3) is 11.4 Å². The molecule has 14 heavy (non-hydrogen) atoms. The predicted octanol–water partition coefficient (Wildman–Crippen LogP) is 3.02. The van der Waals surface area contributed by atoms with Crippen LogP contribution in [0.2, 0.25) is 0 Å². The second kappa shape index (κ2) is 4.13. The number of halogens is 1. The molecule has 0 atom stereocenters. The molecule has 0 N–H and O–H groups in total. The molecule has 0 radical (unpaired) electrons. The monoisotopic (exact) mass is 298 g/mol. The molecule has 0 aliphatic rings. The van der Waals surface area contributed by atoms with Gasteiger partial charge in [-0.15, -0.1) is 0 Å². The molecule has 1 heterocycles. The first kappa shape index (κ1) is 9.71. The first-order valence-corrected chi connectivity index (χ1v) is 5.97. The number of aryl methyl sites for hydroxylation is 1. The molecular formula is C11H11IN2. The fourth-order valence-corrected chi connectivity index (χ4v) is 1.82. The number of nitrogens with zero attached hydrogens (tertiary/aromatic N) is 2. The van der Waals surface area contributed by atoms with Crippen molar-refractivity contribution in [3.05, 3.63) is 42.2 Å². The zero-order valence-electron chi connectivity index (χ0n) is 7.94. The summed E-state index contributed by atoms with van der Waals surface area (Å²) in [6, 6.07) is 10.3. The van der Waals surface area contributed by atoms with Crippen molar-refractivity contribution in [2.75, 3.05) is 0 Å². The van der Waals surface area contributed by atoms with E-state index in [1.165, 1.54) is 5.56 Å². The third-order valence-electron chi connectivity index (χ3n) is 2.10. The van der Waals surface area contributed by atoms with E-state index >= 15 is 0 Å². The summed E-state index contributed by atoms with van der Waals surface area (Å²) in [7, 11) is 2.03. The van der Waals surface area contributed by atoms with Crippen LogP contribution in [0, 0.1) is 0 Å². The van der Waals surface area contributed by atoms with E-state index in [2.05, 4.69) is 50.5 Å². The van der Waals surface area contributed by atoms with Gasteiger partial charge in [-0.2, -0.15) is 0 Å². The highest BCUT2D eigenvalue weighted by Gasteiger charge is 2.05. The highest BCUT2D eigenvalue weighted by molar-refractivity contribution is 14.1. The van der Waals surface area contributed by atoms with Gasteiger partial charge in [0.25, 0.3) is 0 Å². The maximum atomic E-state index is 4.55. The molecule has 2 aromatic rings. The smallest absolute Gasteiger partial charge is 0.139 e. The maximum Gasteiger partial charge on any atom is 0.139 e. The van der Waals surface area contributed by atoms with Crippen LogP contribution in [0.1, 0.15) is 5.69 Å². The van der Waals surface area contributed by atoms with E-state index in [9.17, 15) is 0 Å². The average Bonchev–Trinajstić information content (AvgIpc) is 2.61. The van der Waals surface area contributed by atoms with Crippen molar-refractivity contribution >= 4 is 22.6 Å². The number of alkyl halides is 1. The summed E-state index contributed by atoms with van der Waals surface area (Å²) >= 11 is 2.33. The molecule has 2 rings (SSSR count). The van der Waals surface area contributed by atoms with E-state index in [0.29, 0.717) is 0 Å². The fourth-order valence-electron chi connectivity index (χ4n) is 1.45. The van der Waals surface area contributed by atoms with Crippen molar-refractivity contribution in [1.29, 1.82) is 0 Å². The minimum atomic E-state index is 0.957. The maximum absolute atomic E-state index is 4.55. The standard InChI is InChI=1S/C11H11IN2/c1-14-8-10(7-12)13-11(14)9-5-3-2-4-6-9/h2-6,8H,7H2,1H3. The SMILES string of the molecule is Cn1cc(CI)nc1-c1ccccc1. The Morgan fingerprint density at radius 1 is 1.29 bits per heavy atom. The number of hydrogen-bond donors (Lipinski definition) is 0. The Labute approximate surface area is 97.1 Å². The fraction of sp³-hybridized carbons (Fsp3) is 0.182. The Morgan fingerprint density at radius 2 is 2.00 bits per heavy atom. The average molecular weight is 298 g/mol. The molecule has 2 nitrogen and oxygen atoms in total. The van der Waals surface area contributed by atoms with Gasteiger partial charge in [0.15, 0.2) is 0 Å². The van der Waals surface area contributed by atoms with Gasteiger partial charge in [-0.25, -0.2) is 4.98 Å². The predicted molar refractivity (Wildman–Crippen MR) is 66.4 cm³/mol. The molecule has 1 aromatic carbocycles. The lowest BCUT2D eigenvalue weighted by Crippen LogP contribution is -1.89. The van der Waals surface area contributed by atoms with E-state index in [0.717, 1.165) is 15.9 Å². The van der Waals surface area contributed by atoms with E-state index in [-0.39, 0.29) is 0 Å². The molecular weight excluding hydrogens is 287 g/mol. The Bertz CT molecular complexity index is 420. The van der Waals surface area contributed by atoms with Crippen molar-refractivity contribution < 1.29 is 0 Å². The molecule has 1 aromatic heterocycles. The van der Waals surface area contributed by atoms with Crippen LogP contribution in [0.4, 0.5) is 0 Å². The van der Waals surface area contributed by atoms with Crippen LogP contribution in [0.3, 0.4) is 0 Å². The van der Waals surface area contributed by atoms with Gasteiger partial charge in [0.1, 0.15) is 5.82 Å². The first-order chi connectivity index (χ1) is 6.81. The summed E-state index contributed by atoms with van der Waals surface area (Å²) in [4.78, 5) is 4.55. The van der Waals surface area contributed by atoms with Crippen molar-refractivity contribution in [2.45, 2.75) is 4.43 Å². The molecule has 0 fully saturated rings. The summed E-state index contributed by atoms with van der Waals surface area (Å²) in [5.41, 5.74) is 2.30. The Kier molecular flexibility index (Phi) is 2.86. The molecule has 72 valence electrons. The zero-order chi connectivity index (χ0) is 9.97. The van der Waals surface area contributed by atoms with E-state index < -0.39 is 0 Å². The lowest BCUT2D eigenvalue weighted by Gasteiger charge is -1.99. The highest BCUT2D eigenvalue weighted by Crippen LogP contribution is 2.18. The molecule has 0 saturated carbocycles. The molecule has 0 saturated heterocycles. The van der Waals surface area contributed by atoms with Gasteiger partial charge in [-0.3, -0.25) is 0 Å². The van der Waals surface area contributed by atoms with Crippen molar-refractivity contribution in [1.82, 2.24) is 9.55 Å². The van der Waals surface area contributed by atoms with Gasteiger partial charge >= 0.3 is 0 Å². The van der Waals surface area contributed by atoms with Crippen molar-refractivity contribution in [3.8, 4) is 11.4 Å². The summed E-state index contributed by atoms with van der Waals surface area (Å²) < 4.78 is 3.03. The Morgan fingerprint density at radius 3 is 2.57 bits per heavy atom. The molecule has 0 unspecified atom stereocenters. The van der Waals surface area contributed by atoms with E-state index in [4.69, 9.17) is 0 Å². The Balaban J connectivity index is 2.46. The van der Waals surface area contributed by atoms with Gasteiger partial charge in [0.2, 0.25) is 0 Å². The second-order valence-corrected chi connectivity index (χ2v) is 3.93. The number of hydrogen-bond acceptors (Lipinski definition) is 1. The van der Waals surface area contributed by atoms with Crippen molar-refractivity contribution in [3.63, 3.8) is 0 Å². The van der Waals surface area contributed by atoms with E-state index in [1.807, 2.05) is 25.2 Å². The third kappa shape index (κ3) is 1.82. The first-order valence-electron chi connectivity index (χ1n) is 4.45. The quantitative estimate of drug-likeness (QED) is 0.615. The van der Waals surface area contributed by atoms with Crippen molar-refractivity contribution in [2.24, 2.45) is 7.05 Å². The zero-order valence-corrected chi connectivity index (χ0v) is 10.1. The van der Waals surface area contributed by atoms with Crippen LogP contribution in [0.5, 0.6) is 0 Å². The van der Waals surface area contributed by atoms with Crippen LogP contribution in [-0.4, -0.2) is 9.55 Å². The topological polar surface area (TPSA) is 17.8 Å². The molecule has 0 aliphatic carbocycles. The van der Waals surface area contributed by atoms with Gasteiger partial charge in [-0.1, -0.05) is 52.9 Å². The Hall–Kier alpha value is -0.840.